The summed E-state index contributed by atoms with van der Waals surface area (Å²) in [6.45, 7) is 2.27. The second kappa shape index (κ2) is 7.07. The molecule has 1 aromatic heterocycles. The molecule has 5 heteroatoms. The van der Waals surface area contributed by atoms with Gasteiger partial charge in [-0.1, -0.05) is 36.4 Å². The van der Waals surface area contributed by atoms with Gasteiger partial charge in [-0.15, -0.1) is 0 Å². The van der Waals surface area contributed by atoms with Crippen molar-refractivity contribution in [2.45, 2.75) is 32.0 Å². The first-order valence-electron chi connectivity index (χ1n) is 8.78. The molecule has 1 aliphatic heterocycles. The van der Waals surface area contributed by atoms with Crippen molar-refractivity contribution in [2.24, 2.45) is 0 Å². The van der Waals surface area contributed by atoms with E-state index in [1.165, 1.54) is 5.56 Å². The Morgan fingerprint density at radius 3 is 2.96 bits per heavy atom. The SMILES string of the molecule is O=C(NCc1cccc(Cn2cnc3ccccc32)c1)C1CCCN1. The van der Waals surface area contributed by atoms with Crippen molar-refractivity contribution in [3.8, 4) is 0 Å². The lowest BCUT2D eigenvalue weighted by Gasteiger charge is -2.12. The smallest absolute Gasteiger partial charge is 0.237 e. The third kappa shape index (κ3) is 3.56. The van der Waals surface area contributed by atoms with Crippen LogP contribution < -0.4 is 10.6 Å². The maximum atomic E-state index is 12.1. The summed E-state index contributed by atoms with van der Waals surface area (Å²) in [5.74, 6) is 0.100. The Kier molecular flexibility index (Phi) is 4.48. The molecule has 0 aliphatic carbocycles. The molecular weight excluding hydrogens is 312 g/mol. The Hall–Kier alpha value is -2.66. The van der Waals surface area contributed by atoms with E-state index in [-0.39, 0.29) is 11.9 Å². The second-order valence-electron chi connectivity index (χ2n) is 6.55. The van der Waals surface area contributed by atoms with E-state index in [1.807, 2.05) is 30.6 Å². The van der Waals surface area contributed by atoms with E-state index in [0.717, 1.165) is 42.5 Å². The molecule has 0 spiro atoms. The zero-order valence-electron chi connectivity index (χ0n) is 14.1. The molecular formula is C20H22N4O. The Morgan fingerprint density at radius 1 is 1.20 bits per heavy atom. The molecule has 25 heavy (non-hydrogen) atoms. The monoisotopic (exact) mass is 334 g/mol. The van der Waals surface area contributed by atoms with E-state index in [0.29, 0.717) is 6.54 Å². The number of nitrogens with zero attached hydrogens (tertiary/aromatic N) is 2. The maximum absolute atomic E-state index is 12.1. The van der Waals surface area contributed by atoms with Crippen molar-refractivity contribution in [1.29, 1.82) is 0 Å². The number of hydrogen-bond acceptors (Lipinski definition) is 3. The fourth-order valence-electron chi connectivity index (χ4n) is 3.39. The summed E-state index contributed by atoms with van der Waals surface area (Å²) < 4.78 is 2.15. The van der Waals surface area contributed by atoms with Crippen molar-refractivity contribution in [2.75, 3.05) is 6.54 Å². The highest BCUT2D eigenvalue weighted by atomic mass is 16.2. The minimum absolute atomic E-state index is 0.0273. The second-order valence-corrected chi connectivity index (χ2v) is 6.55. The molecule has 1 saturated heterocycles. The van der Waals surface area contributed by atoms with Gasteiger partial charge in [0, 0.05) is 13.1 Å². The fourth-order valence-corrected chi connectivity index (χ4v) is 3.39. The van der Waals surface area contributed by atoms with Crippen molar-refractivity contribution in [1.82, 2.24) is 20.2 Å². The molecule has 5 nitrogen and oxygen atoms in total. The molecule has 4 rings (SSSR count). The van der Waals surface area contributed by atoms with Gasteiger partial charge in [-0.2, -0.15) is 0 Å². The molecule has 0 bridgehead atoms. The molecule has 2 heterocycles. The topological polar surface area (TPSA) is 59.0 Å². The van der Waals surface area contributed by atoms with Crippen molar-refractivity contribution in [3.05, 3.63) is 66.0 Å². The Morgan fingerprint density at radius 2 is 2.08 bits per heavy atom. The van der Waals surface area contributed by atoms with Crippen LogP contribution >= 0.6 is 0 Å². The molecule has 1 atom stereocenters. The molecule has 1 aliphatic rings. The number of amides is 1. The third-order valence-corrected chi connectivity index (χ3v) is 4.72. The van der Waals surface area contributed by atoms with Crippen LogP contribution in [0.2, 0.25) is 0 Å². The van der Waals surface area contributed by atoms with Gasteiger partial charge in [0.25, 0.3) is 0 Å². The van der Waals surface area contributed by atoms with Crippen LogP contribution in [-0.4, -0.2) is 28.0 Å². The molecule has 2 aromatic carbocycles. The highest BCUT2D eigenvalue weighted by Crippen LogP contribution is 2.15. The average molecular weight is 334 g/mol. The van der Waals surface area contributed by atoms with Gasteiger partial charge in [-0.25, -0.2) is 4.98 Å². The number of aromatic nitrogens is 2. The zero-order valence-corrected chi connectivity index (χ0v) is 14.1. The number of carbonyl (C=O) groups excluding carboxylic acids is 1. The van der Waals surface area contributed by atoms with Crippen LogP contribution in [-0.2, 0) is 17.9 Å². The number of para-hydroxylation sites is 2. The quantitative estimate of drug-likeness (QED) is 0.753. The largest absolute Gasteiger partial charge is 0.351 e. The predicted molar refractivity (Wildman–Crippen MR) is 98.1 cm³/mol. The van der Waals surface area contributed by atoms with Gasteiger partial charge in [0.05, 0.1) is 23.4 Å². The van der Waals surface area contributed by atoms with Crippen LogP contribution in [0.25, 0.3) is 11.0 Å². The number of imidazole rings is 1. The summed E-state index contributed by atoms with van der Waals surface area (Å²) in [5.41, 5.74) is 4.46. The van der Waals surface area contributed by atoms with Crippen LogP contribution in [0.1, 0.15) is 24.0 Å². The van der Waals surface area contributed by atoms with E-state index in [4.69, 9.17) is 0 Å². The lowest BCUT2D eigenvalue weighted by Crippen LogP contribution is -2.40. The predicted octanol–water partition coefficient (Wildman–Crippen LogP) is 2.45. The number of carbonyl (C=O) groups is 1. The lowest BCUT2D eigenvalue weighted by molar-refractivity contribution is -0.122. The summed E-state index contributed by atoms with van der Waals surface area (Å²) in [6, 6.07) is 16.5. The molecule has 1 fully saturated rings. The van der Waals surface area contributed by atoms with Gasteiger partial charge >= 0.3 is 0 Å². The minimum Gasteiger partial charge on any atom is -0.351 e. The molecule has 0 radical (unpaired) electrons. The van der Waals surface area contributed by atoms with E-state index >= 15 is 0 Å². The first kappa shape index (κ1) is 15.8. The number of rotatable bonds is 5. The van der Waals surface area contributed by atoms with Crippen LogP contribution in [0.3, 0.4) is 0 Å². The minimum atomic E-state index is -0.0273. The Bertz CT molecular complexity index is 880. The van der Waals surface area contributed by atoms with Gasteiger partial charge < -0.3 is 15.2 Å². The molecule has 2 N–H and O–H groups in total. The van der Waals surface area contributed by atoms with Gasteiger partial charge in [-0.05, 0) is 42.6 Å². The lowest BCUT2D eigenvalue weighted by atomic mass is 10.1. The number of fused-ring (bicyclic) bond motifs is 1. The average Bonchev–Trinajstić information content (AvgIpc) is 3.31. The zero-order chi connectivity index (χ0) is 17.1. The van der Waals surface area contributed by atoms with E-state index in [9.17, 15) is 4.79 Å². The molecule has 128 valence electrons. The summed E-state index contributed by atoms with van der Waals surface area (Å²) >= 11 is 0. The van der Waals surface area contributed by atoms with E-state index in [2.05, 4.69) is 44.5 Å². The normalized spacial score (nSPS) is 17.0. The number of benzene rings is 2. The third-order valence-electron chi connectivity index (χ3n) is 4.72. The summed E-state index contributed by atoms with van der Waals surface area (Å²) in [5, 5.41) is 6.26. The maximum Gasteiger partial charge on any atom is 0.237 e. The Balaban J connectivity index is 1.43. The van der Waals surface area contributed by atoms with Crippen LogP contribution in [0.5, 0.6) is 0 Å². The van der Waals surface area contributed by atoms with Crippen molar-refractivity contribution >= 4 is 16.9 Å². The molecule has 1 unspecified atom stereocenters. The summed E-state index contributed by atoms with van der Waals surface area (Å²) in [7, 11) is 0. The molecule has 3 aromatic rings. The first-order chi connectivity index (χ1) is 12.3. The first-order valence-corrected chi connectivity index (χ1v) is 8.78. The van der Waals surface area contributed by atoms with E-state index in [1.54, 1.807) is 0 Å². The van der Waals surface area contributed by atoms with Crippen LogP contribution in [0.15, 0.2) is 54.9 Å². The molecule has 0 saturated carbocycles. The standard InChI is InChI=1S/C20H22N4O/c25-20(18-8-4-10-21-18)22-12-15-5-3-6-16(11-15)13-24-14-23-17-7-1-2-9-19(17)24/h1-3,5-7,9,11,14,18,21H,4,8,10,12-13H2,(H,22,25). The van der Waals surface area contributed by atoms with Gasteiger partial charge in [0.2, 0.25) is 5.91 Å². The molecule has 1 amide bonds. The van der Waals surface area contributed by atoms with E-state index < -0.39 is 0 Å². The summed E-state index contributed by atoms with van der Waals surface area (Å²) in [6.07, 6.45) is 3.89. The van der Waals surface area contributed by atoms with Gasteiger partial charge in [0.15, 0.2) is 0 Å². The van der Waals surface area contributed by atoms with Crippen molar-refractivity contribution in [3.63, 3.8) is 0 Å². The Labute approximate surface area is 147 Å². The highest BCUT2D eigenvalue weighted by Gasteiger charge is 2.21. The number of hydrogen-bond donors (Lipinski definition) is 2. The van der Waals surface area contributed by atoms with Gasteiger partial charge in [0.1, 0.15) is 0 Å². The van der Waals surface area contributed by atoms with Crippen LogP contribution in [0, 0.1) is 0 Å². The van der Waals surface area contributed by atoms with Crippen molar-refractivity contribution < 1.29 is 4.79 Å². The number of nitrogens with one attached hydrogen (secondary N) is 2. The fraction of sp³-hybridized carbons (Fsp3) is 0.300. The highest BCUT2D eigenvalue weighted by molar-refractivity contribution is 5.82. The summed E-state index contributed by atoms with van der Waals surface area (Å²) in [4.78, 5) is 16.6. The van der Waals surface area contributed by atoms with Crippen LogP contribution in [0.4, 0.5) is 0 Å². The van der Waals surface area contributed by atoms with Gasteiger partial charge in [-0.3, -0.25) is 4.79 Å².